The quantitative estimate of drug-likeness (QED) is 0.481. The molecule has 2 unspecified atom stereocenters. The first-order valence-corrected chi connectivity index (χ1v) is 5.68. The maximum Gasteiger partial charge on any atom is 0.310 e. The maximum absolute atomic E-state index is 11.5. The Labute approximate surface area is 101 Å². The van der Waals surface area contributed by atoms with Crippen molar-refractivity contribution in [2.75, 3.05) is 26.7 Å². The summed E-state index contributed by atoms with van der Waals surface area (Å²) in [4.78, 5) is 25.0. The van der Waals surface area contributed by atoms with Crippen LogP contribution in [0.2, 0.25) is 0 Å². The van der Waals surface area contributed by atoms with E-state index in [4.69, 9.17) is 5.26 Å². The molecule has 2 atom stereocenters. The molecule has 2 N–H and O–H groups in total. The first-order valence-electron chi connectivity index (χ1n) is 5.68. The highest BCUT2D eigenvalue weighted by molar-refractivity contribution is 6.35. The van der Waals surface area contributed by atoms with Crippen molar-refractivity contribution >= 4 is 11.8 Å². The number of piperidine rings is 1. The van der Waals surface area contributed by atoms with Crippen LogP contribution in [-0.2, 0) is 9.59 Å². The van der Waals surface area contributed by atoms with Gasteiger partial charge in [0.1, 0.15) is 6.54 Å². The highest BCUT2D eigenvalue weighted by Gasteiger charge is 2.27. The molecule has 1 aliphatic heterocycles. The van der Waals surface area contributed by atoms with Crippen LogP contribution in [0.5, 0.6) is 0 Å². The Bertz CT molecular complexity index is 337. The number of carbonyl (C=O) groups excluding carboxylic acids is 2. The number of nitrogens with zero attached hydrogens (tertiary/aromatic N) is 2. The molecule has 2 amide bonds. The van der Waals surface area contributed by atoms with E-state index < -0.39 is 11.8 Å². The van der Waals surface area contributed by atoms with Gasteiger partial charge in [0.2, 0.25) is 0 Å². The van der Waals surface area contributed by atoms with Crippen LogP contribution in [-0.4, -0.2) is 49.4 Å². The predicted molar refractivity (Wildman–Crippen MR) is 61.8 cm³/mol. The number of nitriles is 1. The summed E-state index contributed by atoms with van der Waals surface area (Å²) < 4.78 is 0. The molecular weight excluding hydrogens is 220 g/mol. The molecule has 1 rings (SSSR count). The third-order valence-electron chi connectivity index (χ3n) is 2.96. The molecule has 94 valence electrons. The average molecular weight is 238 g/mol. The lowest BCUT2D eigenvalue weighted by Crippen LogP contribution is -2.52. The lowest BCUT2D eigenvalue weighted by atomic mass is 9.94. The smallest absolute Gasteiger partial charge is 0.310 e. The van der Waals surface area contributed by atoms with Gasteiger partial charge in [-0.15, -0.1) is 0 Å². The van der Waals surface area contributed by atoms with Crippen LogP contribution in [0.4, 0.5) is 0 Å². The molecule has 1 fully saturated rings. The van der Waals surface area contributed by atoms with Crippen LogP contribution >= 0.6 is 0 Å². The molecule has 0 saturated carbocycles. The fourth-order valence-electron chi connectivity index (χ4n) is 2.00. The molecule has 0 aromatic heterocycles. The van der Waals surface area contributed by atoms with Crippen molar-refractivity contribution in [1.29, 1.82) is 5.26 Å². The van der Waals surface area contributed by atoms with Gasteiger partial charge in [-0.3, -0.25) is 9.59 Å². The highest BCUT2D eigenvalue weighted by Crippen LogP contribution is 2.14. The monoisotopic (exact) mass is 238 g/mol. The van der Waals surface area contributed by atoms with Crippen LogP contribution in [0.15, 0.2) is 0 Å². The van der Waals surface area contributed by atoms with Crippen molar-refractivity contribution in [2.24, 2.45) is 5.92 Å². The Morgan fingerprint density at radius 1 is 1.47 bits per heavy atom. The van der Waals surface area contributed by atoms with Gasteiger partial charge in [0, 0.05) is 12.6 Å². The molecule has 0 bridgehead atoms. The zero-order valence-corrected chi connectivity index (χ0v) is 10.2. The molecule has 0 spiro atoms. The fourth-order valence-corrected chi connectivity index (χ4v) is 2.00. The third kappa shape index (κ3) is 4.04. The zero-order chi connectivity index (χ0) is 12.8. The van der Waals surface area contributed by atoms with Gasteiger partial charge >= 0.3 is 11.8 Å². The van der Waals surface area contributed by atoms with Gasteiger partial charge in [0.25, 0.3) is 0 Å². The highest BCUT2D eigenvalue weighted by atomic mass is 16.2. The summed E-state index contributed by atoms with van der Waals surface area (Å²) in [6.45, 7) is 3.73. The minimum absolute atomic E-state index is 0.0338. The topological polar surface area (TPSA) is 85.2 Å². The minimum Gasteiger partial charge on any atom is -0.345 e. The SMILES string of the molecule is CC1CN(C)CCC1NC(=O)C(=O)NCC#N. The summed E-state index contributed by atoms with van der Waals surface area (Å²) >= 11 is 0. The fraction of sp³-hybridized carbons (Fsp3) is 0.727. The number of rotatable bonds is 2. The number of likely N-dealkylation sites (tertiary alicyclic amines) is 1. The van der Waals surface area contributed by atoms with E-state index in [1.807, 2.05) is 14.0 Å². The Morgan fingerprint density at radius 2 is 2.18 bits per heavy atom. The van der Waals surface area contributed by atoms with E-state index in [2.05, 4.69) is 15.5 Å². The van der Waals surface area contributed by atoms with Crippen molar-refractivity contribution in [3.8, 4) is 6.07 Å². The predicted octanol–water partition coefficient (Wildman–Crippen LogP) is -0.917. The standard InChI is InChI=1S/C11H18N4O2/c1-8-7-15(2)6-3-9(8)14-11(17)10(16)13-5-4-12/h8-9H,3,5-7H2,1-2H3,(H,13,16)(H,14,17). The van der Waals surface area contributed by atoms with Crippen molar-refractivity contribution in [3.05, 3.63) is 0 Å². The molecule has 0 aliphatic carbocycles. The number of amides is 2. The lowest BCUT2D eigenvalue weighted by molar-refractivity contribution is -0.139. The minimum atomic E-state index is -0.738. The largest absolute Gasteiger partial charge is 0.345 e. The molecule has 0 aromatic carbocycles. The van der Waals surface area contributed by atoms with Gasteiger partial charge in [-0.25, -0.2) is 0 Å². The Morgan fingerprint density at radius 3 is 2.76 bits per heavy atom. The van der Waals surface area contributed by atoms with E-state index in [9.17, 15) is 9.59 Å². The van der Waals surface area contributed by atoms with Crippen molar-refractivity contribution in [2.45, 2.75) is 19.4 Å². The molecule has 0 aromatic rings. The second kappa shape index (κ2) is 6.21. The van der Waals surface area contributed by atoms with Gasteiger partial charge in [0.15, 0.2) is 0 Å². The van der Waals surface area contributed by atoms with Crippen LogP contribution in [0.1, 0.15) is 13.3 Å². The Kier molecular flexibility index (Phi) is 4.91. The molecule has 6 nitrogen and oxygen atoms in total. The van der Waals surface area contributed by atoms with Crippen molar-refractivity contribution in [3.63, 3.8) is 0 Å². The first kappa shape index (κ1) is 13.5. The van der Waals surface area contributed by atoms with E-state index in [1.165, 1.54) is 0 Å². The van der Waals surface area contributed by atoms with Gasteiger partial charge in [0.05, 0.1) is 6.07 Å². The van der Waals surface area contributed by atoms with E-state index in [0.29, 0.717) is 5.92 Å². The maximum atomic E-state index is 11.5. The van der Waals surface area contributed by atoms with Crippen LogP contribution in [0, 0.1) is 17.2 Å². The van der Waals surface area contributed by atoms with E-state index in [-0.39, 0.29) is 12.6 Å². The van der Waals surface area contributed by atoms with Crippen molar-refractivity contribution in [1.82, 2.24) is 15.5 Å². The summed E-state index contributed by atoms with van der Waals surface area (Å²) in [7, 11) is 2.04. The molecular formula is C11H18N4O2. The van der Waals surface area contributed by atoms with Gasteiger partial charge < -0.3 is 15.5 Å². The van der Waals surface area contributed by atoms with E-state index >= 15 is 0 Å². The van der Waals surface area contributed by atoms with Gasteiger partial charge in [-0.1, -0.05) is 6.92 Å². The zero-order valence-electron chi connectivity index (χ0n) is 10.2. The van der Waals surface area contributed by atoms with Crippen LogP contribution in [0.25, 0.3) is 0 Å². The van der Waals surface area contributed by atoms with Crippen LogP contribution in [0.3, 0.4) is 0 Å². The third-order valence-corrected chi connectivity index (χ3v) is 2.96. The second-order valence-corrected chi connectivity index (χ2v) is 4.45. The number of hydrogen-bond acceptors (Lipinski definition) is 4. The summed E-state index contributed by atoms with van der Waals surface area (Å²) in [5.74, 6) is -1.07. The second-order valence-electron chi connectivity index (χ2n) is 4.45. The summed E-state index contributed by atoms with van der Waals surface area (Å²) in [5.41, 5.74) is 0. The average Bonchev–Trinajstić information content (AvgIpc) is 2.29. The number of hydrogen-bond donors (Lipinski definition) is 2. The number of carbonyl (C=O) groups is 2. The van der Waals surface area contributed by atoms with E-state index in [0.717, 1.165) is 19.5 Å². The number of nitrogens with one attached hydrogen (secondary N) is 2. The summed E-state index contributed by atoms with van der Waals surface area (Å²) in [5, 5.41) is 13.2. The van der Waals surface area contributed by atoms with Gasteiger partial charge in [-0.05, 0) is 25.9 Å². The Balaban J connectivity index is 2.40. The molecule has 1 heterocycles. The van der Waals surface area contributed by atoms with Crippen molar-refractivity contribution < 1.29 is 9.59 Å². The van der Waals surface area contributed by atoms with Crippen LogP contribution < -0.4 is 10.6 Å². The summed E-state index contributed by atoms with van der Waals surface area (Å²) in [6.07, 6.45) is 0.842. The molecule has 6 heteroatoms. The normalized spacial score (nSPS) is 24.8. The molecule has 1 saturated heterocycles. The lowest BCUT2D eigenvalue weighted by Gasteiger charge is -2.34. The Hall–Kier alpha value is -1.61. The molecule has 17 heavy (non-hydrogen) atoms. The molecule has 0 radical (unpaired) electrons. The van der Waals surface area contributed by atoms with E-state index in [1.54, 1.807) is 6.07 Å². The van der Waals surface area contributed by atoms with Gasteiger partial charge in [-0.2, -0.15) is 5.26 Å². The summed E-state index contributed by atoms with van der Waals surface area (Å²) in [6, 6.07) is 1.79. The molecule has 1 aliphatic rings. The first-order chi connectivity index (χ1) is 8.04.